The van der Waals surface area contributed by atoms with Crippen LogP contribution in [0.1, 0.15) is 13.8 Å². The summed E-state index contributed by atoms with van der Waals surface area (Å²) in [5, 5.41) is 7.11. The van der Waals surface area contributed by atoms with E-state index in [1.165, 1.54) is 7.11 Å². The molecule has 0 bridgehead atoms. The van der Waals surface area contributed by atoms with Crippen molar-refractivity contribution < 1.29 is 13.2 Å². The lowest BCUT2D eigenvalue weighted by Gasteiger charge is -2.20. The molecule has 98 valence electrons. The van der Waals surface area contributed by atoms with Crippen molar-refractivity contribution >= 4 is 26.5 Å². The maximum absolute atomic E-state index is 11.9. The Bertz CT molecular complexity index is 457. The predicted molar refractivity (Wildman–Crippen MR) is 65.1 cm³/mol. The topological polar surface area (TPSA) is 107 Å². The maximum atomic E-state index is 11.9. The lowest BCUT2D eigenvalue weighted by molar-refractivity contribution is 0.157. The first kappa shape index (κ1) is 14.3. The van der Waals surface area contributed by atoms with Gasteiger partial charge in [-0.25, -0.2) is 13.1 Å². The fourth-order valence-corrected chi connectivity index (χ4v) is 3.29. The number of hydrogen-bond acceptors (Lipinski definition) is 7. The minimum absolute atomic E-state index is 0.106. The van der Waals surface area contributed by atoms with Gasteiger partial charge in [0.05, 0.1) is 6.61 Å². The first-order valence-electron chi connectivity index (χ1n) is 4.97. The molecule has 0 saturated heterocycles. The van der Waals surface area contributed by atoms with E-state index in [2.05, 4.69) is 14.9 Å². The highest BCUT2D eigenvalue weighted by Gasteiger charge is 2.25. The van der Waals surface area contributed by atoms with Crippen LogP contribution in [0, 0.1) is 5.92 Å². The van der Waals surface area contributed by atoms with Crippen molar-refractivity contribution in [1.82, 2.24) is 14.9 Å². The van der Waals surface area contributed by atoms with E-state index in [9.17, 15) is 8.42 Å². The molecule has 9 heteroatoms. The van der Waals surface area contributed by atoms with Crippen molar-refractivity contribution in [1.29, 1.82) is 0 Å². The molecule has 1 aromatic heterocycles. The highest BCUT2D eigenvalue weighted by molar-refractivity contribution is 7.91. The Hall–Kier alpha value is -0.770. The minimum atomic E-state index is -3.67. The van der Waals surface area contributed by atoms with Crippen molar-refractivity contribution in [2.75, 3.05) is 19.5 Å². The second kappa shape index (κ2) is 5.71. The molecular weight excluding hydrogens is 264 g/mol. The van der Waals surface area contributed by atoms with Gasteiger partial charge in [-0.05, 0) is 5.92 Å². The molecule has 3 N–H and O–H groups in total. The van der Waals surface area contributed by atoms with Gasteiger partial charge in [-0.2, -0.15) is 0 Å². The summed E-state index contributed by atoms with van der Waals surface area (Å²) in [5.74, 6) is 0.106. The standard InChI is InChI=1S/C8H16N4O3S2/c1-5(2)6(4-15-3)12-17(13,14)8-11-10-7(9)16-8/h5-6,12H,4H2,1-3H3,(H2,9,10). The third-order valence-electron chi connectivity index (χ3n) is 2.11. The zero-order valence-corrected chi connectivity index (χ0v) is 11.5. The van der Waals surface area contributed by atoms with Gasteiger partial charge in [0.25, 0.3) is 10.0 Å². The second-order valence-electron chi connectivity index (χ2n) is 3.83. The van der Waals surface area contributed by atoms with Crippen LogP contribution in [0.2, 0.25) is 0 Å². The van der Waals surface area contributed by atoms with E-state index in [4.69, 9.17) is 10.5 Å². The number of methoxy groups -OCH3 is 1. The smallest absolute Gasteiger partial charge is 0.270 e. The Kier molecular flexibility index (Phi) is 4.80. The zero-order chi connectivity index (χ0) is 13.1. The molecule has 0 radical (unpaired) electrons. The van der Waals surface area contributed by atoms with Crippen LogP contribution < -0.4 is 10.5 Å². The molecule has 0 aliphatic heterocycles. The Balaban J connectivity index is 2.84. The summed E-state index contributed by atoms with van der Waals surface area (Å²) in [7, 11) is -2.15. The molecule has 0 aromatic carbocycles. The average Bonchev–Trinajstić information content (AvgIpc) is 2.64. The number of anilines is 1. The van der Waals surface area contributed by atoms with Gasteiger partial charge in [0.2, 0.25) is 9.47 Å². The lowest BCUT2D eigenvalue weighted by Crippen LogP contribution is -2.41. The number of rotatable bonds is 6. The SMILES string of the molecule is COCC(NS(=O)(=O)c1nnc(N)s1)C(C)C. The number of nitrogens with two attached hydrogens (primary N) is 1. The van der Waals surface area contributed by atoms with Gasteiger partial charge in [0.15, 0.2) is 0 Å². The normalized spacial score (nSPS) is 14.1. The number of nitrogens with one attached hydrogen (secondary N) is 1. The summed E-state index contributed by atoms with van der Waals surface area (Å²) >= 11 is 0.831. The molecule has 0 aliphatic rings. The van der Waals surface area contributed by atoms with E-state index in [1.54, 1.807) is 0 Å². The van der Waals surface area contributed by atoms with E-state index >= 15 is 0 Å². The Morgan fingerprint density at radius 2 is 2.12 bits per heavy atom. The highest BCUT2D eigenvalue weighted by Crippen LogP contribution is 2.17. The van der Waals surface area contributed by atoms with E-state index in [-0.39, 0.29) is 21.4 Å². The highest BCUT2D eigenvalue weighted by atomic mass is 32.2. The number of ether oxygens (including phenoxy) is 1. The Morgan fingerprint density at radius 3 is 2.53 bits per heavy atom. The molecule has 1 heterocycles. The van der Waals surface area contributed by atoms with Crippen LogP contribution in [0.3, 0.4) is 0 Å². The Morgan fingerprint density at radius 1 is 1.47 bits per heavy atom. The third kappa shape index (κ3) is 3.87. The van der Waals surface area contributed by atoms with Crippen LogP contribution in [0.25, 0.3) is 0 Å². The van der Waals surface area contributed by atoms with E-state index in [0.717, 1.165) is 11.3 Å². The second-order valence-corrected chi connectivity index (χ2v) is 6.73. The van der Waals surface area contributed by atoms with Crippen molar-refractivity contribution in [3.8, 4) is 0 Å². The molecule has 0 fully saturated rings. The van der Waals surface area contributed by atoms with Crippen LogP contribution in [0.4, 0.5) is 5.13 Å². The summed E-state index contributed by atoms with van der Waals surface area (Å²) in [5.41, 5.74) is 5.35. The van der Waals surface area contributed by atoms with Crippen LogP contribution in [0.15, 0.2) is 4.34 Å². The van der Waals surface area contributed by atoms with Crippen molar-refractivity contribution in [3.05, 3.63) is 0 Å². The third-order valence-corrected chi connectivity index (χ3v) is 4.72. The van der Waals surface area contributed by atoms with Crippen molar-refractivity contribution in [2.45, 2.75) is 24.2 Å². The number of hydrogen-bond donors (Lipinski definition) is 2. The monoisotopic (exact) mass is 280 g/mol. The molecule has 1 unspecified atom stereocenters. The number of aromatic nitrogens is 2. The van der Waals surface area contributed by atoms with Gasteiger partial charge in [-0.1, -0.05) is 25.2 Å². The van der Waals surface area contributed by atoms with E-state index < -0.39 is 10.0 Å². The van der Waals surface area contributed by atoms with Crippen molar-refractivity contribution in [2.24, 2.45) is 5.92 Å². The molecule has 0 spiro atoms. The van der Waals surface area contributed by atoms with Gasteiger partial charge < -0.3 is 10.5 Å². The Labute approximate surface area is 104 Å². The van der Waals surface area contributed by atoms with Gasteiger partial charge in [0.1, 0.15) is 0 Å². The van der Waals surface area contributed by atoms with Gasteiger partial charge in [-0.15, -0.1) is 10.2 Å². The fraction of sp³-hybridized carbons (Fsp3) is 0.750. The molecule has 7 nitrogen and oxygen atoms in total. The molecular formula is C8H16N4O3S2. The molecule has 0 saturated carbocycles. The average molecular weight is 280 g/mol. The summed E-state index contributed by atoms with van der Waals surface area (Å²) < 4.78 is 31.2. The predicted octanol–water partition coefficient (Wildman–Crippen LogP) is 0.0696. The molecule has 0 aliphatic carbocycles. The van der Waals surface area contributed by atoms with E-state index in [0.29, 0.717) is 6.61 Å². The molecule has 1 rings (SSSR count). The van der Waals surface area contributed by atoms with E-state index in [1.807, 2.05) is 13.8 Å². The fourth-order valence-electron chi connectivity index (χ4n) is 1.12. The quantitative estimate of drug-likeness (QED) is 0.763. The van der Waals surface area contributed by atoms with Crippen LogP contribution in [0.5, 0.6) is 0 Å². The number of nitrogens with zero attached hydrogens (tertiary/aromatic N) is 2. The molecule has 17 heavy (non-hydrogen) atoms. The van der Waals surface area contributed by atoms with Crippen LogP contribution >= 0.6 is 11.3 Å². The first-order valence-corrected chi connectivity index (χ1v) is 7.27. The molecule has 1 atom stereocenters. The van der Waals surface area contributed by atoms with Gasteiger partial charge in [0, 0.05) is 13.2 Å². The number of nitrogen functional groups attached to an aromatic ring is 1. The van der Waals surface area contributed by atoms with Crippen molar-refractivity contribution in [3.63, 3.8) is 0 Å². The van der Waals surface area contributed by atoms with Gasteiger partial charge in [-0.3, -0.25) is 0 Å². The molecule has 1 aromatic rings. The summed E-state index contributed by atoms with van der Waals surface area (Å²) in [6.07, 6.45) is 0. The number of sulfonamides is 1. The summed E-state index contributed by atoms with van der Waals surface area (Å²) in [6.45, 7) is 4.10. The van der Waals surface area contributed by atoms with Crippen LogP contribution in [-0.2, 0) is 14.8 Å². The lowest BCUT2D eigenvalue weighted by atomic mass is 10.1. The summed E-state index contributed by atoms with van der Waals surface area (Å²) in [6, 6.07) is -0.310. The summed E-state index contributed by atoms with van der Waals surface area (Å²) in [4.78, 5) is 0. The minimum Gasteiger partial charge on any atom is -0.383 e. The maximum Gasteiger partial charge on any atom is 0.270 e. The first-order chi connectivity index (χ1) is 7.86. The molecule has 0 amide bonds. The largest absolute Gasteiger partial charge is 0.383 e. The van der Waals surface area contributed by atoms with Gasteiger partial charge >= 0.3 is 0 Å². The van der Waals surface area contributed by atoms with Crippen LogP contribution in [-0.4, -0.2) is 38.4 Å². The zero-order valence-electron chi connectivity index (χ0n) is 9.87.